The maximum atomic E-state index is 12.3. The number of thiazole rings is 1. The summed E-state index contributed by atoms with van der Waals surface area (Å²) in [5.41, 5.74) is 5.43. The topological polar surface area (TPSA) is 57.8 Å². The normalized spacial score (nSPS) is 11.0. The number of benzene rings is 2. The predicted octanol–water partition coefficient (Wildman–Crippen LogP) is 5.17. The van der Waals surface area contributed by atoms with Crippen LogP contribution in [-0.4, -0.2) is 15.9 Å². The van der Waals surface area contributed by atoms with E-state index in [-0.39, 0.29) is 5.91 Å². The molecule has 0 aliphatic carbocycles. The van der Waals surface area contributed by atoms with E-state index in [0.29, 0.717) is 18.0 Å². The fourth-order valence-electron chi connectivity index (χ4n) is 2.96. The van der Waals surface area contributed by atoms with Crippen LogP contribution >= 0.6 is 11.3 Å². The van der Waals surface area contributed by atoms with E-state index in [1.807, 2.05) is 41.9 Å². The highest BCUT2D eigenvalue weighted by molar-refractivity contribution is 7.14. The molecule has 2 aromatic heterocycles. The van der Waals surface area contributed by atoms with Gasteiger partial charge in [0, 0.05) is 34.5 Å². The summed E-state index contributed by atoms with van der Waals surface area (Å²) in [6.07, 6.45) is 3.12. The van der Waals surface area contributed by atoms with Gasteiger partial charge >= 0.3 is 0 Å². The Kier molecular flexibility index (Phi) is 4.54. The summed E-state index contributed by atoms with van der Waals surface area (Å²) in [5.74, 6) is -0.0138. The zero-order chi connectivity index (χ0) is 17.9. The predicted molar refractivity (Wildman–Crippen MR) is 108 cm³/mol. The number of carbonyl (C=O) groups is 1. The van der Waals surface area contributed by atoms with E-state index in [4.69, 9.17) is 0 Å². The van der Waals surface area contributed by atoms with Gasteiger partial charge in [-0.3, -0.25) is 4.79 Å². The maximum Gasteiger partial charge on any atom is 0.226 e. The number of aromatic amines is 1. The first-order valence-electron chi connectivity index (χ1n) is 8.56. The van der Waals surface area contributed by atoms with Crippen LogP contribution in [0.2, 0.25) is 0 Å². The number of hydrogen-bond acceptors (Lipinski definition) is 3. The van der Waals surface area contributed by atoms with Crippen LogP contribution in [0.25, 0.3) is 22.2 Å². The molecule has 0 fully saturated rings. The highest BCUT2D eigenvalue weighted by Gasteiger charge is 2.10. The van der Waals surface area contributed by atoms with Crippen LogP contribution in [0.15, 0.2) is 60.1 Å². The molecule has 26 heavy (non-hydrogen) atoms. The van der Waals surface area contributed by atoms with Crippen molar-refractivity contribution in [1.82, 2.24) is 9.97 Å². The van der Waals surface area contributed by atoms with E-state index in [9.17, 15) is 4.79 Å². The summed E-state index contributed by atoms with van der Waals surface area (Å²) in [7, 11) is 0. The van der Waals surface area contributed by atoms with E-state index < -0.39 is 0 Å². The van der Waals surface area contributed by atoms with E-state index >= 15 is 0 Å². The molecule has 0 bridgehead atoms. The summed E-state index contributed by atoms with van der Waals surface area (Å²) >= 11 is 1.45. The maximum absolute atomic E-state index is 12.3. The average molecular weight is 361 g/mol. The second kappa shape index (κ2) is 7.14. The molecule has 4 aromatic rings. The first kappa shape index (κ1) is 16.5. The SMILES string of the molecule is Cc1ccc(-c2csc(NC(=O)CCc3c[nH]c4ccccc34)n2)cc1. The van der Waals surface area contributed by atoms with Crippen molar-refractivity contribution in [3.63, 3.8) is 0 Å². The number of nitrogens with one attached hydrogen (secondary N) is 2. The van der Waals surface area contributed by atoms with Crippen LogP contribution in [0.3, 0.4) is 0 Å². The minimum atomic E-state index is -0.0138. The Bertz CT molecular complexity index is 1050. The highest BCUT2D eigenvalue weighted by atomic mass is 32.1. The van der Waals surface area contributed by atoms with Gasteiger partial charge in [-0.2, -0.15) is 0 Å². The number of hydrogen-bond donors (Lipinski definition) is 2. The molecule has 0 unspecified atom stereocenters. The van der Waals surface area contributed by atoms with Crippen LogP contribution in [0.5, 0.6) is 0 Å². The smallest absolute Gasteiger partial charge is 0.226 e. The van der Waals surface area contributed by atoms with Crippen molar-refractivity contribution in [2.75, 3.05) is 5.32 Å². The molecular formula is C21H19N3OS. The van der Waals surface area contributed by atoms with Crippen molar-refractivity contribution in [2.24, 2.45) is 0 Å². The Morgan fingerprint density at radius 1 is 1.15 bits per heavy atom. The Labute approximate surface area is 155 Å². The molecule has 0 aliphatic rings. The number of aryl methyl sites for hydroxylation is 2. The summed E-state index contributed by atoms with van der Waals surface area (Å²) < 4.78 is 0. The van der Waals surface area contributed by atoms with Gasteiger partial charge in [0.15, 0.2) is 5.13 Å². The largest absolute Gasteiger partial charge is 0.361 e. The van der Waals surface area contributed by atoms with Gasteiger partial charge in [0.25, 0.3) is 0 Å². The number of anilines is 1. The standard InChI is InChI=1S/C21H19N3OS/c1-14-6-8-15(9-7-14)19-13-26-21(23-19)24-20(25)11-10-16-12-22-18-5-3-2-4-17(16)18/h2-9,12-13,22H,10-11H2,1H3,(H,23,24,25). The number of para-hydroxylation sites is 1. The van der Waals surface area contributed by atoms with Crippen molar-refractivity contribution in [2.45, 2.75) is 19.8 Å². The molecular weight excluding hydrogens is 342 g/mol. The Balaban J connectivity index is 1.38. The number of H-pyrrole nitrogens is 1. The second-order valence-corrected chi connectivity index (χ2v) is 7.17. The Morgan fingerprint density at radius 2 is 1.96 bits per heavy atom. The number of aromatic nitrogens is 2. The summed E-state index contributed by atoms with van der Waals surface area (Å²) in [4.78, 5) is 20.0. The van der Waals surface area contributed by atoms with Gasteiger partial charge in [0.1, 0.15) is 0 Å². The van der Waals surface area contributed by atoms with Crippen molar-refractivity contribution in [3.05, 3.63) is 71.2 Å². The summed E-state index contributed by atoms with van der Waals surface area (Å²) in [6, 6.07) is 16.4. The van der Waals surface area contributed by atoms with Crippen molar-refractivity contribution < 1.29 is 4.79 Å². The fraction of sp³-hybridized carbons (Fsp3) is 0.143. The molecule has 5 heteroatoms. The summed E-state index contributed by atoms with van der Waals surface area (Å²) in [6.45, 7) is 2.06. The van der Waals surface area contributed by atoms with Gasteiger partial charge in [-0.15, -0.1) is 11.3 Å². The molecule has 0 spiro atoms. The molecule has 0 saturated carbocycles. The lowest BCUT2D eigenvalue weighted by molar-refractivity contribution is -0.116. The van der Waals surface area contributed by atoms with Gasteiger partial charge in [-0.1, -0.05) is 48.0 Å². The van der Waals surface area contributed by atoms with Crippen LogP contribution in [0.4, 0.5) is 5.13 Å². The van der Waals surface area contributed by atoms with Crippen molar-refractivity contribution >= 4 is 33.3 Å². The van der Waals surface area contributed by atoms with Crippen LogP contribution in [0, 0.1) is 6.92 Å². The highest BCUT2D eigenvalue weighted by Crippen LogP contribution is 2.25. The zero-order valence-electron chi connectivity index (χ0n) is 14.5. The zero-order valence-corrected chi connectivity index (χ0v) is 15.3. The summed E-state index contributed by atoms with van der Waals surface area (Å²) in [5, 5.41) is 6.70. The fourth-order valence-corrected chi connectivity index (χ4v) is 3.69. The first-order valence-corrected chi connectivity index (χ1v) is 9.44. The molecule has 2 aromatic carbocycles. The number of amides is 1. The molecule has 0 atom stereocenters. The number of carbonyl (C=O) groups excluding carboxylic acids is 1. The Hall–Kier alpha value is -2.92. The number of fused-ring (bicyclic) bond motifs is 1. The van der Waals surface area contributed by atoms with E-state index in [1.165, 1.54) is 22.3 Å². The van der Waals surface area contributed by atoms with E-state index in [0.717, 1.165) is 22.3 Å². The molecule has 1 amide bonds. The lowest BCUT2D eigenvalue weighted by atomic mass is 10.1. The van der Waals surface area contributed by atoms with Crippen molar-refractivity contribution in [1.29, 1.82) is 0 Å². The first-order chi connectivity index (χ1) is 12.7. The Morgan fingerprint density at radius 3 is 2.81 bits per heavy atom. The van der Waals surface area contributed by atoms with Crippen molar-refractivity contribution in [3.8, 4) is 11.3 Å². The van der Waals surface area contributed by atoms with Crippen LogP contribution in [0.1, 0.15) is 17.5 Å². The third-order valence-electron chi connectivity index (χ3n) is 4.39. The second-order valence-electron chi connectivity index (χ2n) is 6.31. The molecule has 0 aliphatic heterocycles. The third-order valence-corrected chi connectivity index (χ3v) is 5.15. The molecule has 2 N–H and O–H groups in total. The van der Waals surface area contributed by atoms with Gasteiger partial charge in [-0.05, 0) is 25.0 Å². The van der Waals surface area contributed by atoms with Crippen LogP contribution in [-0.2, 0) is 11.2 Å². The van der Waals surface area contributed by atoms with Gasteiger partial charge in [-0.25, -0.2) is 4.98 Å². The minimum absolute atomic E-state index is 0.0138. The molecule has 0 radical (unpaired) electrons. The molecule has 4 rings (SSSR count). The van der Waals surface area contributed by atoms with Crippen LogP contribution < -0.4 is 5.32 Å². The number of rotatable bonds is 5. The average Bonchev–Trinajstić information content (AvgIpc) is 3.28. The minimum Gasteiger partial charge on any atom is -0.361 e. The lowest BCUT2D eigenvalue weighted by Gasteiger charge is -2.02. The monoisotopic (exact) mass is 361 g/mol. The quantitative estimate of drug-likeness (QED) is 0.515. The third kappa shape index (κ3) is 3.53. The van der Waals surface area contributed by atoms with Gasteiger partial charge in [0.05, 0.1) is 5.69 Å². The molecule has 4 nitrogen and oxygen atoms in total. The molecule has 130 valence electrons. The van der Waals surface area contributed by atoms with Gasteiger partial charge in [0.2, 0.25) is 5.91 Å². The molecule has 2 heterocycles. The lowest BCUT2D eigenvalue weighted by Crippen LogP contribution is -2.12. The number of nitrogens with zero attached hydrogens (tertiary/aromatic N) is 1. The van der Waals surface area contributed by atoms with E-state index in [1.54, 1.807) is 0 Å². The molecule has 0 saturated heterocycles. The van der Waals surface area contributed by atoms with Gasteiger partial charge < -0.3 is 10.3 Å². The van der Waals surface area contributed by atoms with E-state index in [2.05, 4.69) is 40.4 Å².